The number of rotatable bonds is 5. The van der Waals surface area contributed by atoms with Gasteiger partial charge in [0.25, 0.3) is 0 Å². The lowest BCUT2D eigenvalue weighted by atomic mass is 9.89. The minimum Gasteiger partial charge on any atom is -0.480 e. The van der Waals surface area contributed by atoms with Crippen LogP contribution in [-0.4, -0.2) is 23.2 Å². The van der Waals surface area contributed by atoms with Crippen molar-refractivity contribution in [2.45, 2.75) is 64.3 Å². The van der Waals surface area contributed by atoms with Crippen LogP contribution in [0.25, 0.3) is 0 Å². The highest BCUT2D eigenvalue weighted by atomic mass is 16.4. The average Bonchev–Trinajstić information content (AvgIpc) is 2.44. The summed E-state index contributed by atoms with van der Waals surface area (Å²) in [6.45, 7) is 4.93. The van der Waals surface area contributed by atoms with Gasteiger partial charge in [0.15, 0.2) is 0 Å². The van der Waals surface area contributed by atoms with Crippen LogP contribution in [0, 0.1) is 5.92 Å². The molecule has 0 aromatic rings. The fourth-order valence-corrected chi connectivity index (χ4v) is 2.91. The van der Waals surface area contributed by atoms with Crippen molar-refractivity contribution < 1.29 is 9.90 Å². The Bertz CT molecular complexity index is 230. The van der Waals surface area contributed by atoms with Crippen molar-refractivity contribution in [3.63, 3.8) is 0 Å². The third-order valence-electron chi connectivity index (χ3n) is 3.82. The van der Waals surface area contributed by atoms with Crippen molar-refractivity contribution in [3.8, 4) is 0 Å². The summed E-state index contributed by atoms with van der Waals surface area (Å²) in [6, 6.07) is 0. The van der Waals surface area contributed by atoms with E-state index < -0.39 is 11.5 Å². The van der Waals surface area contributed by atoms with Crippen molar-refractivity contribution in [3.05, 3.63) is 0 Å². The largest absolute Gasteiger partial charge is 0.480 e. The molecule has 0 heterocycles. The molecule has 2 unspecified atom stereocenters. The SMILES string of the molecule is CCCC1CCCC(NCC)(C(=O)O)CC1. The maximum atomic E-state index is 11.4. The molecule has 0 radical (unpaired) electrons. The minimum absolute atomic E-state index is 0.642. The summed E-state index contributed by atoms with van der Waals surface area (Å²) in [7, 11) is 0. The lowest BCUT2D eigenvalue weighted by molar-refractivity contribution is -0.145. The number of aliphatic carboxylic acids is 1. The molecule has 0 aliphatic heterocycles. The van der Waals surface area contributed by atoms with E-state index in [9.17, 15) is 9.90 Å². The molecule has 3 nitrogen and oxygen atoms in total. The van der Waals surface area contributed by atoms with Crippen LogP contribution in [0.2, 0.25) is 0 Å². The Hall–Kier alpha value is -0.570. The minimum atomic E-state index is -0.661. The first kappa shape index (κ1) is 13.5. The standard InChI is InChI=1S/C13H25NO2/c1-3-6-11-7-5-9-13(10-8-11,12(15)16)14-4-2/h11,14H,3-10H2,1-2H3,(H,15,16). The van der Waals surface area contributed by atoms with Gasteiger partial charge >= 0.3 is 5.97 Å². The molecule has 0 aromatic carbocycles. The molecule has 16 heavy (non-hydrogen) atoms. The summed E-state index contributed by atoms with van der Waals surface area (Å²) in [4.78, 5) is 11.4. The summed E-state index contributed by atoms with van der Waals surface area (Å²) in [5, 5.41) is 12.6. The van der Waals surface area contributed by atoms with Crippen LogP contribution in [0.4, 0.5) is 0 Å². The predicted octanol–water partition coefficient (Wildman–Crippen LogP) is 2.80. The number of carbonyl (C=O) groups is 1. The molecule has 0 bridgehead atoms. The second-order valence-corrected chi connectivity index (χ2v) is 5.00. The molecule has 2 N–H and O–H groups in total. The van der Waals surface area contributed by atoms with E-state index in [-0.39, 0.29) is 0 Å². The number of carboxylic acids is 1. The Balaban J connectivity index is 2.63. The molecule has 1 fully saturated rings. The highest BCUT2D eigenvalue weighted by molar-refractivity contribution is 5.78. The van der Waals surface area contributed by atoms with Gasteiger partial charge < -0.3 is 10.4 Å². The van der Waals surface area contributed by atoms with Gasteiger partial charge in [-0.05, 0) is 31.7 Å². The van der Waals surface area contributed by atoms with Crippen molar-refractivity contribution in [1.29, 1.82) is 0 Å². The highest BCUT2D eigenvalue weighted by Crippen LogP contribution is 2.32. The van der Waals surface area contributed by atoms with E-state index in [0.717, 1.165) is 38.1 Å². The van der Waals surface area contributed by atoms with Gasteiger partial charge in [-0.2, -0.15) is 0 Å². The number of hydrogen-bond donors (Lipinski definition) is 2. The smallest absolute Gasteiger partial charge is 0.323 e. The van der Waals surface area contributed by atoms with Gasteiger partial charge in [0.05, 0.1) is 0 Å². The molecule has 1 saturated carbocycles. The molecule has 2 atom stereocenters. The average molecular weight is 227 g/mol. The Morgan fingerprint density at radius 3 is 2.69 bits per heavy atom. The first-order valence-corrected chi connectivity index (χ1v) is 6.63. The first-order valence-electron chi connectivity index (χ1n) is 6.63. The summed E-state index contributed by atoms with van der Waals surface area (Å²) in [5.74, 6) is 0.0800. The summed E-state index contributed by atoms with van der Waals surface area (Å²) < 4.78 is 0. The van der Waals surface area contributed by atoms with Crippen LogP contribution in [0.5, 0.6) is 0 Å². The number of hydrogen-bond acceptors (Lipinski definition) is 2. The quantitative estimate of drug-likeness (QED) is 0.710. The summed E-state index contributed by atoms with van der Waals surface area (Å²) in [6.07, 6.45) is 7.36. The Morgan fingerprint density at radius 2 is 2.12 bits per heavy atom. The van der Waals surface area contributed by atoms with Gasteiger partial charge in [0.1, 0.15) is 5.54 Å². The maximum absolute atomic E-state index is 11.4. The van der Waals surface area contributed by atoms with Crippen LogP contribution < -0.4 is 5.32 Å². The molecule has 0 saturated heterocycles. The molecule has 0 amide bonds. The second kappa shape index (κ2) is 6.24. The summed E-state index contributed by atoms with van der Waals surface area (Å²) in [5.41, 5.74) is -0.642. The van der Waals surface area contributed by atoms with Crippen molar-refractivity contribution in [1.82, 2.24) is 5.32 Å². The third kappa shape index (κ3) is 3.21. The molecule has 3 heteroatoms. The zero-order valence-corrected chi connectivity index (χ0v) is 10.6. The predicted molar refractivity (Wildman–Crippen MR) is 65.5 cm³/mol. The topological polar surface area (TPSA) is 49.3 Å². The van der Waals surface area contributed by atoms with Gasteiger partial charge in [-0.15, -0.1) is 0 Å². The molecular formula is C13H25NO2. The Morgan fingerprint density at radius 1 is 1.38 bits per heavy atom. The van der Waals surface area contributed by atoms with Gasteiger partial charge in [-0.3, -0.25) is 4.79 Å². The zero-order valence-electron chi connectivity index (χ0n) is 10.6. The van der Waals surface area contributed by atoms with E-state index in [2.05, 4.69) is 12.2 Å². The van der Waals surface area contributed by atoms with E-state index in [1.54, 1.807) is 0 Å². The van der Waals surface area contributed by atoms with Gasteiger partial charge in [-0.25, -0.2) is 0 Å². The van der Waals surface area contributed by atoms with E-state index >= 15 is 0 Å². The number of likely N-dealkylation sites (N-methyl/N-ethyl adjacent to an activating group) is 1. The first-order chi connectivity index (χ1) is 7.64. The fraction of sp³-hybridized carbons (Fsp3) is 0.923. The van der Waals surface area contributed by atoms with E-state index in [0.29, 0.717) is 0 Å². The Labute approximate surface area is 98.6 Å². The summed E-state index contributed by atoms with van der Waals surface area (Å²) >= 11 is 0. The Kier molecular flexibility index (Phi) is 5.26. The molecule has 1 aliphatic rings. The lowest BCUT2D eigenvalue weighted by Crippen LogP contribution is -2.51. The highest BCUT2D eigenvalue weighted by Gasteiger charge is 2.38. The normalized spacial score (nSPS) is 31.0. The molecular weight excluding hydrogens is 202 g/mol. The van der Waals surface area contributed by atoms with E-state index in [4.69, 9.17) is 0 Å². The molecule has 1 aliphatic carbocycles. The van der Waals surface area contributed by atoms with Crippen molar-refractivity contribution in [2.24, 2.45) is 5.92 Å². The lowest BCUT2D eigenvalue weighted by Gasteiger charge is -2.29. The van der Waals surface area contributed by atoms with Crippen LogP contribution in [0.15, 0.2) is 0 Å². The van der Waals surface area contributed by atoms with Crippen molar-refractivity contribution >= 4 is 5.97 Å². The van der Waals surface area contributed by atoms with Gasteiger partial charge in [0.2, 0.25) is 0 Å². The number of carboxylic acid groups (broad SMARTS) is 1. The van der Waals surface area contributed by atoms with Crippen LogP contribution in [0.1, 0.15) is 58.8 Å². The molecule has 0 spiro atoms. The molecule has 0 aromatic heterocycles. The van der Waals surface area contributed by atoms with Gasteiger partial charge in [-0.1, -0.05) is 39.5 Å². The number of nitrogens with one attached hydrogen (secondary N) is 1. The monoisotopic (exact) mass is 227 g/mol. The molecule has 94 valence electrons. The van der Waals surface area contributed by atoms with Crippen LogP contribution >= 0.6 is 0 Å². The van der Waals surface area contributed by atoms with E-state index in [1.807, 2.05) is 6.92 Å². The second-order valence-electron chi connectivity index (χ2n) is 5.00. The van der Waals surface area contributed by atoms with Crippen molar-refractivity contribution in [2.75, 3.05) is 6.54 Å². The fourth-order valence-electron chi connectivity index (χ4n) is 2.91. The van der Waals surface area contributed by atoms with E-state index in [1.165, 1.54) is 19.3 Å². The zero-order chi connectivity index (χ0) is 12.0. The molecule has 1 rings (SSSR count). The van der Waals surface area contributed by atoms with Crippen LogP contribution in [0.3, 0.4) is 0 Å². The van der Waals surface area contributed by atoms with Crippen LogP contribution in [-0.2, 0) is 4.79 Å². The maximum Gasteiger partial charge on any atom is 0.323 e. The van der Waals surface area contributed by atoms with Gasteiger partial charge in [0, 0.05) is 0 Å². The third-order valence-corrected chi connectivity index (χ3v) is 3.82.